The van der Waals surface area contributed by atoms with Crippen molar-refractivity contribution in [1.29, 1.82) is 0 Å². The molecule has 23 heavy (non-hydrogen) atoms. The van der Waals surface area contributed by atoms with Gasteiger partial charge in [0.2, 0.25) is 5.91 Å². The Labute approximate surface area is 142 Å². The smallest absolute Gasteiger partial charge is 0.242 e. The molecule has 1 fully saturated rings. The third kappa shape index (κ3) is 8.24. The van der Waals surface area contributed by atoms with Gasteiger partial charge in [0, 0.05) is 18.1 Å². The second-order valence-corrected chi connectivity index (χ2v) is 7.99. The second-order valence-electron chi connectivity index (χ2n) is 7.99. The Kier molecular flexibility index (Phi) is 7.86. The van der Waals surface area contributed by atoms with Crippen molar-refractivity contribution in [2.24, 2.45) is 16.8 Å². The fourth-order valence-corrected chi connectivity index (χ4v) is 3.05. The Morgan fingerprint density at radius 1 is 1.17 bits per heavy atom. The number of hydrogen-bond donors (Lipinski definition) is 3. The molecule has 1 rings (SSSR count). The lowest BCUT2D eigenvalue weighted by molar-refractivity contribution is -0.121. The van der Waals surface area contributed by atoms with Crippen LogP contribution < -0.4 is 16.0 Å². The number of nitrogens with zero attached hydrogens (tertiary/aromatic N) is 1. The minimum absolute atomic E-state index is 0.0433. The van der Waals surface area contributed by atoms with Crippen LogP contribution in [0, 0.1) is 11.8 Å². The van der Waals surface area contributed by atoms with Crippen molar-refractivity contribution in [2.75, 3.05) is 13.1 Å². The summed E-state index contributed by atoms with van der Waals surface area (Å²) >= 11 is 0. The molecule has 3 N–H and O–H groups in total. The number of nitrogens with one attached hydrogen (secondary N) is 3. The summed E-state index contributed by atoms with van der Waals surface area (Å²) in [6, 6.07) is 0.466. The number of carbonyl (C=O) groups excluding carboxylic acids is 1. The van der Waals surface area contributed by atoms with Crippen molar-refractivity contribution < 1.29 is 4.79 Å². The predicted octanol–water partition coefficient (Wildman–Crippen LogP) is 2.67. The Hall–Kier alpha value is -1.26. The second kappa shape index (κ2) is 9.14. The SMILES string of the molecule is CCNC(=NCC(=O)NC(C)(C)C)NC1CCC(C(C)C)CC1. The van der Waals surface area contributed by atoms with Crippen LogP contribution in [0.1, 0.15) is 67.2 Å². The summed E-state index contributed by atoms with van der Waals surface area (Å²) in [5.41, 5.74) is -0.215. The Balaban J connectivity index is 2.48. The van der Waals surface area contributed by atoms with Gasteiger partial charge < -0.3 is 16.0 Å². The van der Waals surface area contributed by atoms with E-state index in [2.05, 4.69) is 34.8 Å². The molecule has 0 heterocycles. The molecule has 0 unspecified atom stereocenters. The van der Waals surface area contributed by atoms with Crippen molar-refractivity contribution in [3.8, 4) is 0 Å². The molecule has 1 amide bonds. The van der Waals surface area contributed by atoms with Gasteiger partial charge in [0.05, 0.1) is 0 Å². The molecule has 1 aliphatic carbocycles. The van der Waals surface area contributed by atoms with E-state index in [0.717, 1.165) is 24.3 Å². The van der Waals surface area contributed by atoms with Crippen LogP contribution in [-0.4, -0.2) is 36.5 Å². The van der Waals surface area contributed by atoms with Crippen LogP contribution >= 0.6 is 0 Å². The van der Waals surface area contributed by atoms with Gasteiger partial charge in [-0.2, -0.15) is 0 Å². The zero-order chi connectivity index (χ0) is 17.5. The van der Waals surface area contributed by atoms with Crippen LogP contribution in [-0.2, 0) is 4.79 Å². The molecule has 0 spiro atoms. The van der Waals surface area contributed by atoms with Crippen molar-refractivity contribution in [3.63, 3.8) is 0 Å². The van der Waals surface area contributed by atoms with Crippen LogP contribution in [0.3, 0.4) is 0 Å². The summed E-state index contributed by atoms with van der Waals surface area (Å²) in [5, 5.41) is 9.67. The molecule has 5 heteroatoms. The van der Waals surface area contributed by atoms with Crippen LogP contribution in [0.5, 0.6) is 0 Å². The van der Waals surface area contributed by atoms with Crippen LogP contribution in [0.15, 0.2) is 4.99 Å². The van der Waals surface area contributed by atoms with Crippen LogP contribution in [0.25, 0.3) is 0 Å². The number of hydrogen-bond acceptors (Lipinski definition) is 2. The normalized spacial score (nSPS) is 22.8. The zero-order valence-electron chi connectivity index (χ0n) is 15.8. The van der Waals surface area contributed by atoms with E-state index in [0.29, 0.717) is 6.04 Å². The molecule has 1 saturated carbocycles. The maximum Gasteiger partial charge on any atom is 0.242 e. The van der Waals surface area contributed by atoms with Gasteiger partial charge >= 0.3 is 0 Å². The highest BCUT2D eigenvalue weighted by atomic mass is 16.2. The van der Waals surface area contributed by atoms with Gasteiger partial charge in [-0.1, -0.05) is 13.8 Å². The van der Waals surface area contributed by atoms with E-state index < -0.39 is 0 Å². The molecule has 0 aromatic heterocycles. The lowest BCUT2D eigenvalue weighted by Crippen LogP contribution is -2.46. The highest BCUT2D eigenvalue weighted by Gasteiger charge is 2.23. The van der Waals surface area contributed by atoms with E-state index >= 15 is 0 Å². The Morgan fingerprint density at radius 3 is 2.26 bits per heavy atom. The van der Waals surface area contributed by atoms with E-state index in [4.69, 9.17) is 0 Å². The monoisotopic (exact) mass is 324 g/mol. The molecule has 0 aromatic carbocycles. The van der Waals surface area contributed by atoms with E-state index in [9.17, 15) is 4.79 Å². The van der Waals surface area contributed by atoms with Crippen molar-refractivity contribution in [3.05, 3.63) is 0 Å². The first-order valence-electron chi connectivity index (χ1n) is 9.07. The van der Waals surface area contributed by atoms with Crippen LogP contribution in [0.4, 0.5) is 0 Å². The minimum atomic E-state index is -0.215. The first-order chi connectivity index (χ1) is 10.7. The predicted molar refractivity (Wildman–Crippen MR) is 97.6 cm³/mol. The van der Waals surface area contributed by atoms with Crippen molar-refractivity contribution >= 4 is 11.9 Å². The number of rotatable bonds is 5. The number of amides is 1. The molecule has 134 valence electrons. The molecule has 0 aliphatic heterocycles. The molecule has 0 radical (unpaired) electrons. The molecule has 0 atom stereocenters. The topological polar surface area (TPSA) is 65.5 Å². The highest BCUT2D eigenvalue weighted by molar-refractivity contribution is 5.85. The Bertz CT molecular complexity index is 390. The molecule has 0 bridgehead atoms. The summed E-state index contributed by atoms with van der Waals surface area (Å²) in [6.07, 6.45) is 4.92. The van der Waals surface area contributed by atoms with E-state index in [-0.39, 0.29) is 18.0 Å². The Morgan fingerprint density at radius 2 is 1.78 bits per heavy atom. The quantitative estimate of drug-likeness (QED) is 0.538. The van der Waals surface area contributed by atoms with E-state index in [1.54, 1.807) is 0 Å². The van der Waals surface area contributed by atoms with Gasteiger partial charge in [-0.15, -0.1) is 0 Å². The maximum atomic E-state index is 11.9. The third-order valence-electron chi connectivity index (χ3n) is 4.29. The maximum absolute atomic E-state index is 11.9. The molecule has 1 aliphatic rings. The van der Waals surface area contributed by atoms with Gasteiger partial charge in [-0.25, -0.2) is 4.99 Å². The minimum Gasteiger partial charge on any atom is -0.357 e. The number of guanidine groups is 1. The standard InChI is InChI=1S/C18H36N4O/c1-7-19-17(20-12-16(23)22-18(4,5)6)21-15-10-8-14(9-11-15)13(2)3/h13-15H,7-12H2,1-6H3,(H,22,23)(H2,19,20,21). The van der Waals surface area contributed by atoms with Gasteiger partial charge in [0.1, 0.15) is 6.54 Å². The lowest BCUT2D eigenvalue weighted by Gasteiger charge is -2.32. The number of carbonyl (C=O) groups is 1. The lowest BCUT2D eigenvalue weighted by atomic mass is 9.80. The average Bonchev–Trinajstić information content (AvgIpc) is 2.44. The van der Waals surface area contributed by atoms with Crippen LogP contribution in [0.2, 0.25) is 0 Å². The van der Waals surface area contributed by atoms with E-state index in [1.807, 2.05) is 27.7 Å². The fraction of sp³-hybridized carbons (Fsp3) is 0.889. The fourth-order valence-electron chi connectivity index (χ4n) is 3.05. The van der Waals surface area contributed by atoms with Gasteiger partial charge in [0.15, 0.2) is 5.96 Å². The zero-order valence-corrected chi connectivity index (χ0v) is 15.8. The molecule has 0 saturated heterocycles. The summed E-state index contributed by atoms with van der Waals surface area (Å²) < 4.78 is 0. The highest BCUT2D eigenvalue weighted by Crippen LogP contribution is 2.29. The largest absolute Gasteiger partial charge is 0.357 e. The summed E-state index contributed by atoms with van der Waals surface area (Å²) in [7, 11) is 0. The summed E-state index contributed by atoms with van der Waals surface area (Å²) in [6.45, 7) is 13.6. The first kappa shape index (κ1) is 19.8. The van der Waals surface area contributed by atoms with Gasteiger partial charge in [-0.3, -0.25) is 4.79 Å². The molecule has 5 nitrogen and oxygen atoms in total. The number of aliphatic imine (C=N–C) groups is 1. The molecule has 0 aromatic rings. The summed E-state index contributed by atoms with van der Waals surface area (Å²) in [5.74, 6) is 2.34. The van der Waals surface area contributed by atoms with Crippen molar-refractivity contribution in [2.45, 2.75) is 78.8 Å². The third-order valence-corrected chi connectivity index (χ3v) is 4.29. The first-order valence-corrected chi connectivity index (χ1v) is 9.07. The average molecular weight is 325 g/mol. The van der Waals surface area contributed by atoms with Gasteiger partial charge in [0.25, 0.3) is 0 Å². The van der Waals surface area contributed by atoms with Gasteiger partial charge in [-0.05, 0) is 65.2 Å². The molecular weight excluding hydrogens is 288 g/mol. The van der Waals surface area contributed by atoms with E-state index in [1.165, 1.54) is 25.7 Å². The summed E-state index contributed by atoms with van der Waals surface area (Å²) in [4.78, 5) is 16.3. The van der Waals surface area contributed by atoms with Crippen molar-refractivity contribution in [1.82, 2.24) is 16.0 Å². The molecular formula is C18H36N4O.